The molecule has 1 N–H and O–H groups in total. The van der Waals surface area contributed by atoms with Gasteiger partial charge in [0, 0.05) is 13.2 Å². The molecule has 1 saturated heterocycles. The van der Waals surface area contributed by atoms with E-state index in [4.69, 9.17) is 4.74 Å². The lowest BCUT2D eigenvalue weighted by atomic mass is 10.2. The fourth-order valence-corrected chi connectivity index (χ4v) is 3.94. The molecule has 1 atom stereocenters. The number of rotatable bonds is 4. The highest BCUT2D eigenvalue weighted by molar-refractivity contribution is 7.90. The van der Waals surface area contributed by atoms with Crippen molar-refractivity contribution in [3.63, 3.8) is 0 Å². The van der Waals surface area contributed by atoms with Gasteiger partial charge in [-0.3, -0.25) is 0 Å². The van der Waals surface area contributed by atoms with Crippen molar-refractivity contribution in [3.8, 4) is 0 Å². The van der Waals surface area contributed by atoms with E-state index in [2.05, 4.69) is 4.72 Å². The van der Waals surface area contributed by atoms with Gasteiger partial charge < -0.3 is 4.74 Å². The number of hydrogen-bond donors (Lipinski definition) is 1. The summed E-state index contributed by atoms with van der Waals surface area (Å²) in [5.41, 5.74) is 0. The summed E-state index contributed by atoms with van der Waals surface area (Å²) in [5.74, 6) is 0. The monoisotopic (exact) mass is 233 g/mol. The molecule has 1 aliphatic carbocycles. The Hall–Kier alpha value is -0.130. The Morgan fingerprint density at radius 1 is 1.13 bits per heavy atom. The first-order valence-electron chi connectivity index (χ1n) is 5.78. The number of sulfonamides is 1. The van der Waals surface area contributed by atoms with Crippen molar-refractivity contribution in [2.24, 2.45) is 0 Å². The van der Waals surface area contributed by atoms with Crippen LogP contribution >= 0.6 is 0 Å². The largest absolute Gasteiger partial charge is 0.377 e. The van der Waals surface area contributed by atoms with Gasteiger partial charge in [-0.05, 0) is 25.7 Å². The minimum Gasteiger partial charge on any atom is -0.377 e. The molecule has 4 nitrogen and oxygen atoms in total. The fourth-order valence-electron chi connectivity index (χ4n) is 2.33. The maximum atomic E-state index is 11.8. The molecule has 2 rings (SSSR count). The van der Waals surface area contributed by atoms with E-state index in [1.807, 2.05) is 0 Å². The van der Waals surface area contributed by atoms with Crippen LogP contribution in [0.15, 0.2) is 0 Å². The van der Waals surface area contributed by atoms with Crippen molar-refractivity contribution >= 4 is 10.0 Å². The van der Waals surface area contributed by atoms with Gasteiger partial charge in [-0.1, -0.05) is 12.8 Å². The Balaban J connectivity index is 1.81. The number of ether oxygens (including phenoxy) is 1. The zero-order chi connectivity index (χ0) is 10.7. The topological polar surface area (TPSA) is 55.4 Å². The third-order valence-electron chi connectivity index (χ3n) is 3.28. The van der Waals surface area contributed by atoms with E-state index >= 15 is 0 Å². The van der Waals surface area contributed by atoms with Crippen molar-refractivity contribution < 1.29 is 13.2 Å². The maximum absolute atomic E-state index is 11.8. The Morgan fingerprint density at radius 2 is 1.87 bits per heavy atom. The van der Waals surface area contributed by atoms with Crippen LogP contribution in [0.3, 0.4) is 0 Å². The van der Waals surface area contributed by atoms with Gasteiger partial charge >= 0.3 is 0 Å². The van der Waals surface area contributed by atoms with E-state index in [9.17, 15) is 8.42 Å². The summed E-state index contributed by atoms with van der Waals surface area (Å²) in [6.45, 7) is 1.23. The molecule has 2 fully saturated rings. The minimum absolute atomic E-state index is 0.0983. The molecule has 5 heteroatoms. The Bertz CT molecular complexity index is 290. The summed E-state index contributed by atoms with van der Waals surface area (Å²) in [5, 5.41) is -0.154. The third-order valence-corrected chi connectivity index (χ3v) is 5.20. The maximum Gasteiger partial charge on any atom is 0.214 e. The molecule has 1 heterocycles. The first kappa shape index (κ1) is 11.4. The molecule has 0 radical (unpaired) electrons. The average Bonchev–Trinajstić information content (AvgIpc) is 2.88. The normalized spacial score (nSPS) is 28.7. The first-order chi connectivity index (χ1) is 7.18. The van der Waals surface area contributed by atoms with Crippen LogP contribution in [0, 0.1) is 0 Å². The van der Waals surface area contributed by atoms with Gasteiger partial charge in [0.05, 0.1) is 11.4 Å². The van der Waals surface area contributed by atoms with Gasteiger partial charge in [0.15, 0.2) is 0 Å². The fraction of sp³-hybridized carbons (Fsp3) is 1.00. The predicted molar refractivity (Wildman–Crippen MR) is 58.2 cm³/mol. The lowest BCUT2D eigenvalue weighted by molar-refractivity contribution is 0.114. The number of hydrogen-bond acceptors (Lipinski definition) is 3. The summed E-state index contributed by atoms with van der Waals surface area (Å²) in [6.07, 6.45) is 5.86. The molecule has 15 heavy (non-hydrogen) atoms. The molecule has 0 bridgehead atoms. The van der Waals surface area contributed by atoms with Crippen LogP contribution in [0.25, 0.3) is 0 Å². The summed E-state index contributed by atoms with van der Waals surface area (Å²) in [7, 11) is -3.08. The summed E-state index contributed by atoms with van der Waals surface area (Å²) >= 11 is 0. The van der Waals surface area contributed by atoms with Crippen molar-refractivity contribution in [3.05, 3.63) is 0 Å². The van der Waals surface area contributed by atoms with Crippen LogP contribution in [-0.4, -0.2) is 32.9 Å². The molecule has 1 saturated carbocycles. The van der Waals surface area contributed by atoms with Gasteiger partial charge in [-0.25, -0.2) is 13.1 Å². The van der Waals surface area contributed by atoms with Crippen LogP contribution in [0.1, 0.15) is 38.5 Å². The predicted octanol–water partition coefficient (Wildman–Crippen LogP) is 1.03. The van der Waals surface area contributed by atoms with E-state index in [0.29, 0.717) is 6.54 Å². The van der Waals surface area contributed by atoms with Crippen LogP contribution in [0.2, 0.25) is 0 Å². The molecule has 1 aliphatic heterocycles. The minimum atomic E-state index is -3.08. The Kier molecular flexibility index (Phi) is 3.64. The average molecular weight is 233 g/mol. The van der Waals surface area contributed by atoms with Gasteiger partial charge in [-0.15, -0.1) is 0 Å². The van der Waals surface area contributed by atoms with E-state index in [-0.39, 0.29) is 11.4 Å². The standard InChI is InChI=1S/C10H19NO3S/c12-15(13,10-5-1-2-6-10)11-8-9-4-3-7-14-9/h9-11H,1-8H2/t9-/m1/s1. The molecule has 0 amide bonds. The van der Waals surface area contributed by atoms with Gasteiger partial charge in [0.1, 0.15) is 0 Å². The zero-order valence-electron chi connectivity index (χ0n) is 8.94. The van der Waals surface area contributed by atoms with E-state index in [1.54, 1.807) is 0 Å². The second kappa shape index (κ2) is 4.80. The highest BCUT2D eigenvalue weighted by Crippen LogP contribution is 2.24. The summed E-state index contributed by atoms with van der Waals surface area (Å²) in [4.78, 5) is 0. The van der Waals surface area contributed by atoms with Crippen molar-refractivity contribution in [1.29, 1.82) is 0 Å². The molecular formula is C10H19NO3S. The molecule has 88 valence electrons. The summed E-state index contributed by atoms with van der Waals surface area (Å²) in [6, 6.07) is 0. The molecular weight excluding hydrogens is 214 g/mol. The second-order valence-electron chi connectivity index (χ2n) is 4.43. The van der Waals surface area contributed by atoms with E-state index in [1.165, 1.54) is 0 Å². The molecule has 0 spiro atoms. The summed E-state index contributed by atoms with van der Waals surface area (Å²) < 4.78 is 31.7. The molecule has 0 aromatic rings. The van der Waals surface area contributed by atoms with E-state index in [0.717, 1.165) is 45.1 Å². The SMILES string of the molecule is O=S(=O)(NC[C@H]1CCCO1)C1CCCC1. The molecule has 0 aromatic heterocycles. The van der Waals surface area contributed by atoms with Crippen molar-refractivity contribution in [2.45, 2.75) is 49.9 Å². The van der Waals surface area contributed by atoms with Gasteiger partial charge in [0.25, 0.3) is 0 Å². The molecule has 2 aliphatic rings. The van der Waals surface area contributed by atoms with Crippen LogP contribution in [0.4, 0.5) is 0 Å². The smallest absolute Gasteiger partial charge is 0.214 e. The van der Waals surface area contributed by atoms with Gasteiger partial charge in [-0.2, -0.15) is 0 Å². The van der Waals surface area contributed by atoms with Crippen LogP contribution < -0.4 is 4.72 Å². The van der Waals surface area contributed by atoms with Crippen LogP contribution in [-0.2, 0) is 14.8 Å². The zero-order valence-corrected chi connectivity index (χ0v) is 9.76. The Labute approximate surface area is 91.4 Å². The highest BCUT2D eigenvalue weighted by atomic mass is 32.2. The number of nitrogens with one attached hydrogen (secondary N) is 1. The highest BCUT2D eigenvalue weighted by Gasteiger charge is 2.29. The quantitative estimate of drug-likeness (QED) is 0.789. The molecule has 0 aromatic carbocycles. The van der Waals surface area contributed by atoms with E-state index < -0.39 is 10.0 Å². The molecule has 0 unspecified atom stereocenters. The van der Waals surface area contributed by atoms with Crippen molar-refractivity contribution in [1.82, 2.24) is 4.72 Å². The lowest BCUT2D eigenvalue weighted by Crippen LogP contribution is -2.37. The lowest BCUT2D eigenvalue weighted by Gasteiger charge is -2.15. The second-order valence-corrected chi connectivity index (χ2v) is 6.48. The van der Waals surface area contributed by atoms with Crippen LogP contribution in [0.5, 0.6) is 0 Å². The van der Waals surface area contributed by atoms with Gasteiger partial charge in [0.2, 0.25) is 10.0 Å². The first-order valence-corrected chi connectivity index (χ1v) is 7.33. The Morgan fingerprint density at radius 3 is 2.47 bits per heavy atom. The van der Waals surface area contributed by atoms with Crippen molar-refractivity contribution in [2.75, 3.05) is 13.2 Å². The third kappa shape index (κ3) is 2.92.